The van der Waals surface area contributed by atoms with E-state index >= 15 is 0 Å². The van der Waals surface area contributed by atoms with Gasteiger partial charge in [-0.05, 0) is 31.1 Å². The van der Waals surface area contributed by atoms with E-state index in [4.69, 9.17) is 5.73 Å². The highest BCUT2D eigenvalue weighted by Gasteiger charge is 2.33. The molecule has 0 spiro atoms. The molecule has 1 aromatic heterocycles. The highest BCUT2D eigenvalue weighted by Crippen LogP contribution is 2.51. The number of carbonyl (C=O) groups is 1. The molecule has 1 fully saturated rings. The number of rotatable bonds is 6. The Bertz CT molecular complexity index is 475. The van der Waals surface area contributed by atoms with E-state index < -0.39 is 0 Å². The van der Waals surface area contributed by atoms with Crippen molar-refractivity contribution in [3.63, 3.8) is 0 Å². The summed E-state index contributed by atoms with van der Waals surface area (Å²) in [6, 6.07) is 0. The lowest BCUT2D eigenvalue weighted by atomic mass is 10.1. The summed E-state index contributed by atoms with van der Waals surface area (Å²) in [5.41, 5.74) is 8.18. The third kappa shape index (κ3) is 3.11. The Hall–Kier alpha value is -1.03. The first-order valence-electron chi connectivity index (χ1n) is 7.06. The smallest absolute Gasteiger partial charge is 0.171 e. The Balaban J connectivity index is 2.27. The van der Waals surface area contributed by atoms with Gasteiger partial charge in [-0.2, -0.15) is 0 Å². The number of thiophene rings is 1. The molecule has 0 amide bonds. The summed E-state index contributed by atoms with van der Waals surface area (Å²) in [7, 11) is 2.11. The Kier molecular flexibility index (Phi) is 4.19. The van der Waals surface area contributed by atoms with E-state index in [0.717, 1.165) is 23.5 Å². The highest BCUT2D eigenvalue weighted by molar-refractivity contribution is 7.18. The van der Waals surface area contributed by atoms with Crippen LogP contribution in [0.3, 0.4) is 0 Å². The van der Waals surface area contributed by atoms with Crippen molar-refractivity contribution >= 4 is 27.8 Å². The summed E-state index contributed by atoms with van der Waals surface area (Å²) in [5.74, 6) is 1.37. The Morgan fingerprint density at radius 3 is 2.58 bits per heavy atom. The normalized spacial score (nSPS) is 15.0. The fraction of sp³-hybridized carbons (Fsp3) is 0.667. The van der Waals surface area contributed by atoms with Gasteiger partial charge in [-0.15, -0.1) is 11.3 Å². The Labute approximate surface area is 119 Å². The fourth-order valence-corrected chi connectivity index (χ4v) is 3.50. The predicted molar refractivity (Wildman–Crippen MR) is 83.4 cm³/mol. The summed E-state index contributed by atoms with van der Waals surface area (Å²) < 4.78 is 0. The van der Waals surface area contributed by atoms with E-state index in [0.29, 0.717) is 11.8 Å². The zero-order valence-corrected chi connectivity index (χ0v) is 13.1. The second-order valence-corrected chi connectivity index (χ2v) is 7.00. The monoisotopic (exact) mass is 280 g/mol. The molecule has 0 unspecified atom stereocenters. The van der Waals surface area contributed by atoms with Crippen LogP contribution in [0.1, 0.15) is 61.2 Å². The molecule has 19 heavy (non-hydrogen) atoms. The third-order valence-corrected chi connectivity index (χ3v) is 5.09. The van der Waals surface area contributed by atoms with E-state index in [2.05, 4.69) is 25.8 Å². The lowest BCUT2D eigenvalue weighted by Crippen LogP contribution is -2.19. The molecule has 1 aliphatic rings. The lowest BCUT2D eigenvalue weighted by Gasteiger charge is -2.20. The van der Waals surface area contributed by atoms with Crippen molar-refractivity contribution in [1.29, 1.82) is 0 Å². The maximum absolute atomic E-state index is 11.7. The van der Waals surface area contributed by atoms with E-state index in [-0.39, 0.29) is 5.78 Å². The van der Waals surface area contributed by atoms with Crippen molar-refractivity contribution in [2.45, 2.75) is 46.0 Å². The van der Waals surface area contributed by atoms with E-state index in [1.54, 1.807) is 18.3 Å². The number of hydrogen-bond donors (Lipinski definition) is 1. The summed E-state index contributed by atoms with van der Waals surface area (Å²) >= 11 is 1.57. The van der Waals surface area contributed by atoms with Gasteiger partial charge < -0.3 is 10.6 Å². The molecule has 1 aromatic rings. The summed E-state index contributed by atoms with van der Waals surface area (Å²) in [6.07, 6.45) is 3.58. The van der Waals surface area contributed by atoms with Crippen molar-refractivity contribution in [3.8, 4) is 0 Å². The van der Waals surface area contributed by atoms with Gasteiger partial charge in [0.15, 0.2) is 5.78 Å². The first-order chi connectivity index (χ1) is 8.91. The van der Waals surface area contributed by atoms with Crippen LogP contribution in [0.4, 0.5) is 10.7 Å². The van der Waals surface area contributed by atoms with Crippen molar-refractivity contribution in [3.05, 3.63) is 10.4 Å². The molecule has 1 heterocycles. The topological polar surface area (TPSA) is 46.3 Å². The van der Waals surface area contributed by atoms with E-state index in [1.807, 2.05) is 0 Å². The summed E-state index contributed by atoms with van der Waals surface area (Å²) in [4.78, 5) is 14.7. The SMILES string of the molecule is CC(=O)c1sc(N(C)CCC(C)C)c(C2CC2)c1N. The van der Waals surface area contributed by atoms with Gasteiger partial charge >= 0.3 is 0 Å². The maximum atomic E-state index is 11.7. The van der Waals surface area contributed by atoms with Crippen LogP contribution in [0.5, 0.6) is 0 Å². The molecule has 2 rings (SSSR count). The number of ketones is 1. The van der Waals surface area contributed by atoms with Crippen molar-refractivity contribution in [2.24, 2.45) is 5.92 Å². The largest absolute Gasteiger partial charge is 0.397 e. The number of anilines is 2. The first kappa shape index (κ1) is 14.4. The molecule has 0 aliphatic heterocycles. The second kappa shape index (κ2) is 5.53. The molecule has 2 N–H and O–H groups in total. The molecule has 1 aliphatic carbocycles. The van der Waals surface area contributed by atoms with Crippen LogP contribution in [-0.2, 0) is 0 Å². The van der Waals surface area contributed by atoms with Crippen molar-refractivity contribution < 1.29 is 4.79 Å². The standard InChI is InChI=1S/C15H24N2OS/c1-9(2)7-8-17(4)15-12(11-5-6-11)13(16)14(19-15)10(3)18/h9,11H,5-8,16H2,1-4H3. The molecular formula is C15H24N2OS. The van der Waals surface area contributed by atoms with Gasteiger partial charge in [0.25, 0.3) is 0 Å². The number of Topliss-reactive ketones (excluding diaryl/α,β-unsaturated/α-hetero) is 1. The second-order valence-electron chi connectivity index (χ2n) is 6.00. The minimum absolute atomic E-state index is 0.0907. The number of nitrogens with zero attached hydrogens (tertiary/aromatic N) is 1. The van der Waals surface area contributed by atoms with E-state index in [1.165, 1.54) is 23.4 Å². The lowest BCUT2D eigenvalue weighted by molar-refractivity contribution is 0.102. The number of nitrogen functional groups attached to an aromatic ring is 1. The van der Waals surface area contributed by atoms with Crippen LogP contribution in [0, 0.1) is 5.92 Å². The van der Waals surface area contributed by atoms with Crippen LogP contribution in [-0.4, -0.2) is 19.4 Å². The number of hydrogen-bond acceptors (Lipinski definition) is 4. The quantitative estimate of drug-likeness (QED) is 0.804. The van der Waals surface area contributed by atoms with Crippen molar-refractivity contribution in [2.75, 3.05) is 24.2 Å². The zero-order valence-electron chi connectivity index (χ0n) is 12.3. The average molecular weight is 280 g/mol. The van der Waals surface area contributed by atoms with Gasteiger partial charge in [0, 0.05) is 26.1 Å². The Morgan fingerprint density at radius 1 is 1.47 bits per heavy atom. The molecular weight excluding hydrogens is 256 g/mol. The highest BCUT2D eigenvalue weighted by atomic mass is 32.1. The van der Waals surface area contributed by atoms with Gasteiger partial charge in [0.05, 0.1) is 15.6 Å². The fourth-order valence-electron chi connectivity index (χ4n) is 2.31. The van der Waals surface area contributed by atoms with Gasteiger partial charge in [-0.1, -0.05) is 13.8 Å². The molecule has 4 heteroatoms. The van der Waals surface area contributed by atoms with Gasteiger partial charge in [-0.3, -0.25) is 4.79 Å². The van der Waals surface area contributed by atoms with Crippen LogP contribution < -0.4 is 10.6 Å². The minimum atomic E-state index is 0.0907. The van der Waals surface area contributed by atoms with Crippen LogP contribution in [0.25, 0.3) is 0 Å². The average Bonchev–Trinajstić information content (AvgIpc) is 3.09. The molecule has 0 saturated heterocycles. The number of nitrogens with two attached hydrogens (primary N) is 1. The molecule has 1 saturated carbocycles. The van der Waals surface area contributed by atoms with E-state index in [9.17, 15) is 4.79 Å². The summed E-state index contributed by atoms with van der Waals surface area (Å²) in [6.45, 7) is 7.10. The summed E-state index contributed by atoms with van der Waals surface area (Å²) in [5, 5.41) is 1.21. The molecule has 0 bridgehead atoms. The van der Waals surface area contributed by atoms with Crippen LogP contribution in [0.15, 0.2) is 0 Å². The predicted octanol–water partition coefficient (Wildman–Crippen LogP) is 3.89. The molecule has 0 aromatic carbocycles. The van der Waals surface area contributed by atoms with Gasteiger partial charge in [0.1, 0.15) is 0 Å². The molecule has 106 valence electrons. The third-order valence-electron chi connectivity index (χ3n) is 3.66. The first-order valence-corrected chi connectivity index (χ1v) is 7.87. The van der Waals surface area contributed by atoms with Crippen LogP contribution >= 0.6 is 11.3 Å². The molecule has 3 nitrogen and oxygen atoms in total. The van der Waals surface area contributed by atoms with Crippen LogP contribution in [0.2, 0.25) is 0 Å². The van der Waals surface area contributed by atoms with Crippen molar-refractivity contribution in [1.82, 2.24) is 0 Å². The maximum Gasteiger partial charge on any atom is 0.171 e. The number of carbonyl (C=O) groups excluding carboxylic acids is 1. The molecule has 0 radical (unpaired) electrons. The Morgan fingerprint density at radius 2 is 2.11 bits per heavy atom. The van der Waals surface area contributed by atoms with Gasteiger partial charge in [-0.25, -0.2) is 0 Å². The van der Waals surface area contributed by atoms with Gasteiger partial charge in [0.2, 0.25) is 0 Å². The zero-order chi connectivity index (χ0) is 14.2. The molecule has 0 atom stereocenters. The minimum Gasteiger partial charge on any atom is -0.397 e.